The summed E-state index contributed by atoms with van der Waals surface area (Å²) in [6.45, 7) is 0. The van der Waals surface area contributed by atoms with Gasteiger partial charge in [-0.15, -0.1) is 0 Å². The molecule has 0 amide bonds. The molecule has 0 spiro atoms. The van der Waals surface area contributed by atoms with Crippen LogP contribution < -0.4 is 0 Å². The highest BCUT2D eigenvalue weighted by molar-refractivity contribution is 6.16. The van der Waals surface area contributed by atoms with Gasteiger partial charge in [0, 0.05) is 0 Å². The maximum atomic E-state index is 10.3. The Morgan fingerprint density at radius 2 is 2.00 bits per heavy atom. The molecule has 0 aromatic heterocycles. The highest BCUT2D eigenvalue weighted by Crippen LogP contribution is 1.62. The molecule has 0 aliphatic heterocycles. The number of halogens is 2. The van der Waals surface area contributed by atoms with Crippen molar-refractivity contribution in [2.24, 2.45) is 0 Å². The maximum absolute atomic E-state index is 10.3. The first kappa shape index (κ1) is 4.04. The Balaban J connectivity index is 1.97. The van der Waals surface area contributed by atoms with Crippen molar-refractivity contribution in [1.29, 1.82) is 0 Å². The van der Waals surface area contributed by atoms with E-state index in [1.807, 2.05) is 0 Å². The van der Waals surface area contributed by atoms with Crippen LogP contribution in [0.15, 0.2) is 0 Å². The van der Waals surface area contributed by atoms with Gasteiger partial charge < -0.3 is 0 Å². The molecule has 0 aromatic carbocycles. The fourth-order valence-electron chi connectivity index (χ4n) is 0. The molecular formula is H2F2OSi. The Kier molecular flexibility index (Phi) is 3.06. The molecule has 26 valence electrons. The topological polar surface area (TPSA) is 9.23 Å². The van der Waals surface area contributed by atoms with Crippen LogP contribution in [0.1, 0.15) is 0 Å². The summed E-state index contributed by atoms with van der Waals surface area (Å²) in [4.78, 5) is 0. The first-order valence-corrected chi connectivity index (χ1v) is 1.82. The Morgan fingerprint density at radius 1 is 1.75 bits per heavy atom. The van der Waals surface area contributed by atoms with Gasteiger partial charge in [0.25, 0.3) is 0 Å². The molecule has 0 bridgehead atoms. The van der Waals surface area contributed by atoms with Crippen LogP contribution in [-0.4, -0.2) is 10.1 Å². The zero-order chi connectivity index (χ0) is 3.41. The van der Waals surface area contributed by atoms with Gasteiger partial charge in [-0.2, -0.15) is 0 Å². The molecule has 0 aromatic rings. The van der Waals surface area contributed by atoms with Crippen LogP contribution in [0.5, 0.6) is 0 Å². The molecule has 0 fully saturated rings. The van der Waals surface area contributed by atoms with E-state index >= 15 is 0 Å². The lowest BCUT2D eigenvalue weighted by Crippen LogP contribution is -1.71. The SMILES string of the molecule is FO[SiH2]F. The summed E-state index contributed by atoms with van der Waals surface area (Å²) in [6.07, 6.45) is 0. The highest BCUT2D eigenvalue weighted by atomic mass is 28.3. The zero-order valence-corrected chi connectivity index (χ0v) is 3.29. The van der Waals surface area contributed by atoms with Crippen molar-refractivity contribution in [2.45, 2.75) is 0 Å². The molecule has 0 rings (SSSR count). The third-order valence-electron chi connectivity index (χ3n) is 0.0412. The fraction of sp³-hybridized carbons (Fsp3) is 0. The average molecular weight is 84.1 g/mol. The van der Waals surface area contributed by atoms with Gasteiger partial charge in [0.1, 0.15) is 0 Å². The summed E-state index contributed by atoms with van der Waals surface area (Å²) < 4.78 is 22.7. The zero-order valence-electron chi connectivity index (χ0n) is 1.87. The van der Waals surface area contributed by atoms with Crippen LogP contribution in [-0.2, 0) is 4.63 Å². The lowest BCUT2D eigenvalue weighted by atomic mass is 15.6. The Hall–Kier alpha value is 0.0369. The van der Waals surface area contributed by atoms with E-state index in [0.29, 0.717) is 0 Å². The van der Waals surface area contributed by atoms with Crippen LogP contribution in [0.4, 0.5) is 8.63 Å². The predicted octanol–water partition coefficient (Wildman–Crippen LogP) is -0.144. The molecule has 0 aliphatic rings. The van der Waals surface area contributed by atoms with Crippen molar-refractivity contribution < 1.29 is 13.3 Å². The van der Waals surface area contributed by atoms with E-state index in [2.05, 4.69) is 4.63 Å². The molecule has 0 saturated carbocycles. The molecule has 4 heavy (non-hydrogen) atoms. The van der Waals surface area contributed by atoms with Gasteiger partial charge in [-0.3, -0.25) is 4.11 Å². The normalized spacial score (nSPS) is 10.5. The number of rotatable bonds is 1. The summed E-state index contributed by atoms with van der Waals surface area (Å²) in [7, 11) is -2.24. The first-order valence-electron chi connectivity index (χ1n) is 0.710. The minimum Gasteiger partial charge on any atom is -0.281 e. The molecule has 0 aliphatic carbocycles. The van der Waals surface area contributed by atoms with Gasteiger partial charge in [0.2, 0.25) is 0 Å². The van der Waals surface area contributed by atoms with Crippen LogP contribution in [0, 0.1) is 0 Å². The highest BCUT2D eigenvalue weighted by Gasteiger charge is 1.67. The first-order chi connectivity index (χ1) is 1.91. The fourth-order valence-corrected chi connectivity index (χ4v) is 0. The van der Waals surface area contributed by atoms with Gasteiger partial charge in [-0.1, -0.05) is 4.53 Å². The second kappa shape index (κ2) is 3.04. The van der Waals surface area contributed by atoms with Gasteiger partial charge in [-0.05, 0) is 0 Å². The average Bonchev–Trinajstić information content (AvgIpc) is 1.37. The summed E-state index contributed by atoms with van der Waals surface area (Å²) in [5.41, 5.74) is 0. The van der Waals surface area contributed by atoms with E-state index in [9.17, 15) is 8.63 Å². The van der Waals surface area contributed by atoms with Crippen LogP contribution >= 0.6 is 0 Å². The van der Waals surface area contributed by atoms with Gasteiger partial charge in [-0.25, -0.2) is 4.63 Å². The summed E-state index contributed by atoms with van der Waals surface area (Å²) in [6, 6.07) is 0. The second-order valence-corrected chi connectivity index (χ2v) is 0.655. The minimum atomic E-state index is -2.24. The van der Waals surface area contributed by atoms with Crippen LogP contribution in [0.2, 0.25) is 0 Å². The standard InChI is InChI=1S/F2H2OSi/c1-3-4-2/h4H2. The lowest BCUT2D eigenvalue weighted by molar-refractivity contribution is -0.0124. The van der Waals surface area contributed by atoms with Crippen molar-refractivity contribution in [1.82, 2.24) is 0 Å². The molecule has 0 saturated heterocycles. The van der Waals surface area contributed by atoms with Gasteiger partial charge >= 0.3 is 10.1 Å². The monoisotopic (exact) mass is 84.0 g/mol. The Morgan fingerprint density at radius 3 is 2.00 bits per heavy atom. The number of hydrogen-bond donors (Lipinski definition) is 0. The lowest BCUT2D eigenvalue weighted by Gasteiger charge is -1.63. The Bertz CT molecular complexity index is 8.00. The largest absolute Gasteiger partial charge is 0.397 e. The molecule has 0 radical (unpaired) electrons. The van der Waals surface area contributed by atoms with Crippen molar-refractivity contribution in [3.05, 3.63) is 0 Å². The summed E-state index contributed by atoms with van der Waals surface area (Å²) in [5, 5.41) is 0. The van der Waals surface area contributed by atoms with Crippen LogP contribution in [0.3, 0.4) is 0 Å². The summed E-state index contributed by atoms with van der Waals surface area (Å²) in [5.74, 6) is 0. The van der Waals surface area contributed by atoms with Crippen molar-refractivity contribution in [3.8, 4) is 0 Å². The molecule has 0 heterocycles. The third kappa shape index (κ3) is 2.04. The predicted molar refractivity (Wildman–Crippen MR) is 11.8 cm³/mol. The summed E-state index contributed by atoms with van der Waals surface area (Å²) >= 11 is 0. The molecule has 4 heteroatoms. The van der Waals surface area contributed by atoms with E-state index < -0.39 is 10.1 Å². The van der Waals surface area contributed by atoms with E-state index in [1.165, 1.54) is 0 Å². The van der Waals surface area contributed by atoms with Gasteiger partial charge in [0.15, 0.2) is 0 Å². The molecule has 0 atom stereocenters. The third-order valence-corrected chi connectivity index (χ3v) is 0.124. The quantitative estimate of drug-likeness (QED) is 0.317. The second-order valence-electron chi connectivity index (χ2n) is 0.218. The molecule has 1 nitrogen and oxygen atoms in total. The number of hydrogen-bond acceptors (Lipinski definition) is 1. The van der Waals surface area contributed by atoms with E-state index in [1.54, 1.807) is 0 Å². The molecule has 0 unspecified atom stereocenters. The van der Waals surface area contributed by atoms with E-state index in [4.69, 9.17) is 0 Å². The van der Waals surface area contributed by atoms with E-state index in [-0.39, 0.29) is 0 Å². The smallest absolute Gasteiger partial charge is 0.281 e. The Labute approximate surface area is 24.6 Å². The van der Waals surface area contributed by atoms with Crippen molar-refractivity contribution in [3.63, 3.8) is 0 Å². The van der Waals surface area contributed by atoms with Gasteiger partial charge in [0.05, 0.1) is 0 Å². The van der Waals surface area contributed by atoms with E-state index in [0.717, 1.165) is 0 Å². The van der Waals surface area contributed by atoms with Crippen LogP contribution in [0.25, 0.3) is 0 Å². The maximum Gasteiger partial charge on any atom is 0.397 e. The van der Waals surface area contributed by atoms with Crippen molar-refractivity contribution >= 4 is 10.1 Å². The van der Waals surface area contributed by atoms with Crippen molar-refractivity contribution in [2.75, 3.05) is 0 Å². The molecule has 0 N–H and O–H groups in total. The minimum absolute atomic E-state index is 2.24. The molecular weight excluding hydrogens is 82.1 g/mol.